The second-order valence-electron chi connectivity index (χ2n) is 11.2. The number of esters is 1. The lowest BCUT2D eigenvalue weighted by Gasteiger charge is -2.36. The van der Waals surface area contributed by atoms with Crippen molar-refractivity contribution < 1.29 is 29.0 Å². The molecule has 0 aliphatic carbocycles. The van der Waals surface area contributed by atoms with E-state index in [4.69, 9.17) is 9.72 Å². The first kappa shape index (κ1) is 30.7. The van der Waals surface area contributed by atoms with Crippen LogP contribution in [0.4, 0.5) is 0 Å². The monoisotopic (exact) mass is 602 g/mol. The summed E-state index contributed by atoms with van der Waals surface area (Å²) in [5.74, 6) is -0.564. The highest BCUT2D eigenvalue weighted by Gasteiger charge is 2.34. The van der Waals surface area contributed by atoms with E-state index in [0.717, 1.165) is 18.4 Å². The largest absolute Gasteiger partial charge is 0.508 e. The number of methoxy groups -OCH3 is 1. The molecule has 0 spiro atoms. The van der Waals surface area contributed by atoms with Crippen LogP contribution >= 0.6 is 0 Å². The van der Waals surface area contributed by atoms with Gasteiger partial charge in [0.25, 0.3) is 5.91 Å². The third kappa shape index (κ3) is 7.07. The summed E-state index contributed by atoms with van der Waals surface area (Å²) in [7, 11) is 1.23. The molecule has 2 atom stereocenters. The summed E-state index contributed by atoms with van der Waals surface area (Å²) in [6.07, 6.45) is 3.25. The molecule has 232 valence electrons. The van der Waals surface area contributed by atoms with Crippen molar-refractivity contribution in [1.29, 1.82) is 0 Å². The average Bonchev–Trinajstić information content (AvgIpc) is 3.41. The van der Waals surface area contributed by atoms with E-state index in [1.165, 1.54) is 25.3 Å². The Bertz CT molecular complexity index is 1520. The van der Waals surface area contributed by atoms with E-state index in [-0.39, 0.29) is 54.7 Å². The summed E-state index contributed by atoms with van der Waals surface area (Å²) in [6.45, 7) is 3.01. The second-order valence-corrected chi connectivity index (χ2v) is 11.2. The highest BCUT2D eigenvalue weighted by molar-refractivity contribution is 5.98. The number of nitrogens with one attached hydrogen (secondary N) is 1. The Labute approximate surface area is 256 Å². The number of ether oxygens (including phenoxy) is 1. The number of fused-ring (bicyclic) bond motifs is 2. The van der Waals surface area contributed by atoms with Crippen LogP contribution in [0.1, 0.15) is 76.1 Å². The predicted molar refractivity (Wildman–Crippen MR) is 160 cm³/mol. The van der Waals surface area contributed by atoms with Crippen LogP contribution in [0.3, 0.4) is 0 Å². The number of phenols is 1. The third-order valence-corrected chi connectivity index (χ3v) is 8.12. The minimum Gasteiger partial charge on any atom is -0.508 e. The Morgan fingerprint density at radius 2 is 1.77 bits per heavy atom. The SMILES string of the molecule is COC(=O)c1cc(O)cc(C(=O)N2CCCC(=O)N3CCCC[C@H]3C(=O)N[C@H](Cc3ccccc3)c3nc(C)nn3CC2)c1. The lowest BCUT2D eigenvalue weighted by atomic mass is 9.99. The van der Waals surface area contributed by atoms with Crippen molar-refractivity contribution in [3.63, 3.8) is 0 Å². The van der Waals surface area contributed by atoms with Gasteiger partial charge in [0, 0.05) is 31.6 Å². The van der Waals surface area contributed by atoms with Gasteiger partial charge < -0.3 is 25.0 Å². The van der Waals surface area contributed by atoms with Crippen LogP contribution in [-0.4, -0.2) is 86.1 Å². The zero-order valence-corrected chi connectivity index (χ0v) is 25.1. The molecule has 2 aliphatic heterocycles. The summed E-state index contributed by atoms with van der Waals surface area (Å²) in [5.41, 5.74) is 1.18. The second kappa shape index (κ2) is 13.7. The smallest absolute Gasteiger partial charge is 0.338 e. The highest BCUT2D eigenvalue weighted by Crippen LogP contribution is 2.24. The van der Waals surface area contributed by atoms with Gasteiger partial charge in [-0.05, 0) is 62.8 Å². The van der Waals surface area contributed by atoms with Gasteiger partial charge in [-0.3, -0.25) is 14.4 Å². The molecule has 0 unspecified atom stereocenters. The maximum atomic E-state index is 13.8. The molecule has 12 nitrogen and oxygen atoms in total. The zero-order chi connectivity index (χ0) is 31.2. The van der Waals surface area contributed by atoms with E-state index in [9.17, 15) is 24.3 Å². The van der Waals surface area contributed by atoms with E-state index in [0.29, 0.717) is 37.5 Å². The van der Waals surface area contributed by atoms with Gasteiger partial charge in [-0.15, -0.1) is 0 Å². The van der Waals surface area contributed by atoms with Crippen LogP contribution in [0.2, 0.25) is 0 Å². The number of nitrogens with zero attached hydrogens (tertiary/aromatic N) is 5. The summed E-state index contributed by atoms with van der Waals surface area (Å²) in [6, 6.07) is 12.6. The Balaban J connectivity index is 1.50. The number of aromatic nitrogens is 3. The summed E-state index contributed by atoms with van der Waals surface area (Å²) >= 11 is 0. The van der Waals surface area contributed by atoms with Crippen molar-refractivity contribution in [2.45, 2.75) is 64.1 Å². The van der Waals surface area contributed by atoms with Gasteiger partial charge in [-0.2, -0.15) is 5.10 Å². The minimum absolute atomic E-state index is 0.0537. The van der Waals surface area contributed by atoms with E-state index in [1.807, 2.05) is 30.3 Å². The van der Waals surface area contributed by atoms with Gasteiger partial charge in [0.1, 0.15) is 23.4 Å². The highest BCUT2D eigenvalue weighted by atomic mass is 16.5. The van der Waals surface area contributed by atoms with Gasteiger partial charge in [-0.1, -0.05) is 30.3 Å². The van der Waals surface area contributed by atoms with Crippen LogP contribution < -0.4 is 5.32 Å². The van der Waals surface area contributed by atoms with E-state index >= 15 is 0 Å². The molecule has 2 aromatic carbocycles. The Morgan fingerprint density at radius 3 is 2.55 bits per heavy atom. The molecule has 3 heterocycles. The minimum atomic E-state index is -0.674. The third-order valence-electron chi connectivity index (χ3n) is 8.12. The predicted octanol–water partition coefficient (Wildman–Crippen LogP) is 2.80. The molecule has 3 amide bonds. The van der Waals surface area contributed by atoms with Crippen LogP contribution in [0.5, 0.6) is 5.75 Å². The van der Waals surface area contributed by atoms with Crippen LogP contribution in [0, 0.1) is 6.92 Å². The number of benzene rings is 2. The zero-order valence-electron chi connectivity index (χ0n) is 25.1. The molecule has 2 aliphatic rings. The van der Waals surface area contributed by atoms with Crippen molar-refractivity contribution in [2.24, 2.45) is 0 Å². The number of carbonyl (C=O) groups excluding carboxylic acids is 4. The molecule has 12 heteroatoms. The molecule has 3 aromatic rings. The summed E-state index contributed by atoms with van der Waals surface area (Å²) in [4.78, 5) is 61.1. The van der Waals surface area contributed by atoms with Crippen molar-refractivity contribution in [1.82, 2.24) is 29.9 Å². The summed E-state index contributed by atoms with van der Waals surface area (Å²) < 4.78 is 6.50. The molecule has 0 saturated carbocycles. The van der Waals surface area contributed by atoms with E-state index < -0.39 is 24.0 Å². The quantitative estimate of drug-likeness (QED) is 0.434. The van der Waals surface area contributed by atoms with Gasteiger partial charge in [0.05, 0.1) is 25.3 Å². The van der Waals surface area contributed by atoms with Crippen molar-refractivity contribution in [2.75, 3.05) is 26.7 Å². The molecule has 1 aromatic heterocycles. The van der Waals surface area contributed by atoms with Crippen LogP contribution in [0.15, 0.2) is 48.5 Å². The normalized spacial score (nSPS) is 19.8. The van der Waals surface area contributed by atoms with Crippen LogP contribution in [0.25, 0.3) is 0 Å². The number of hydrogen-bond donors (Lipinski definition) is 2. The molecule has 5 rings (SSSR count). The standard InChI is InChI=1S/C32H38N6O6/c1-21-33-29-26(17-22-9-4-3-5-10-22)34-30(41)27-11-6-7-14-37(27)28(40)12-8-13-36(15-16-38(29)35-21)31(42)23-18-24(32(43)44-2)20-25(39)19-23/h3-5,9-10,18-20,26-27,39H,6-8,11-17H2,1-2H3,(H,34,41)/t26-,27+/m1/s1. The van der Waals surface area contributed by atoms with Crippen molar-refractivity contribution in [3.05, 3.63) is 76.9 Å². The number of hydrogen-bond acceptors (Lipinski definition) is 8. The number of aromatic hydroxyl groups is 1. The Morgan fingerprint density at radius 1 is 1.00 bits per heavy atom. The van der Waals surface area contributed by atoms with Crippen molar-refractivity contribution in [3.8, 4) is 5.75 Å². The first-order valence-electron chi connectivity index (χ1n) is 15.0. The topological polar surface area (TPSA) is 147 Å². The van der Waals surface area contributed by atoms with Gasteiger partial charge in [0.15, 0.2) is 0 Å². The maximum absolute atomic E-state index is 13.8. The number of phenolic OH excluding ortho intramolecular Hbond substituents is 1. The van der Waals surface area contributed by atoms with E-state index in [2.05, 4.69) is 10.4 Å². The number of amides is 3. The van der Waals surface area contributed by atoms with Crippen LogP contribution in [-0.2, 0) is 27.3 Å². The average molecular weight is 603 g/mol. The van der Waals surface area contributed by atoms with Gasteiger partial charge in [0.2, 0.25) is 11.8 Å². The lowest BCUT2D eigenvalue weighted by molar-refractivity contribution is -0.142. The lowest BCUT2D eigenvalue weighted by Crippen LogP contribution is -2.53. The molecule has 1 fully saturated rings. The molecule has 0 radical (unpaired) electrons. The van der Waals surface area contributed by atoms with E-state index in [1.54, 1.807) is 21.4 Å². The molecule has 2 N–H and O–H groups in total. The fourth-order valence-corrected chi connectivity index (χ4v) is 5.97. The first-order chi connectivity index (χ1) is 21.2. The number of piperidine rings is 1. The Kier molecular flexibility index (Phi) is 9.56. The first-order valence-corrected chi connectivity index (χ1v) is 15.0. The van der Waals surface area contributed by atoms with Gasteiger partial charge in [-0.25, -0.2) is 14.5 Å². The molecular formula is C32H38N6O6. The molecular weight excluding hydrogens is 564 g/mol. The molecule has 44 heavy (non-hydrogen) atoms. The number of rotatable bonds is 4. The molecule has 0 bridgehead atoms. The summed E-state index contributed by atoms with van der Waals surface area (Å²) in [5, 5.41) is 18.1. The van der Waals surface area contributed by atoms with Crippen molar-refractivity contribution >= 4 is 23.7 Å². The van der Waals surface area contributed by atoms with Gasteiger partial charge >= 0.3 is 5.97 Å². The number of aryl methyl sites for hydroxylation is 1. The maximum Gasteiger partial charge on any atom is 0.338 e. The Hall–Kier alpha value is -4.74. The fraction of sp³-hybridized carbons (Fsp3) is 0.438. The fourth-order valence-electron chi connectivity index (χ4n) is 5.97. The molecule has 1 saturated heterocycles. The number of carbonyl (C=O) groups is 4.